The number of nitro benzene ring substituents is 1. The minimum absolute atomic E-state index is 0.104. The topological polar surface area (TPSA) is 99.0 Å². The summed E-state index contributed by atoms with van der Waals surface area (Å²) >= 11 is 0. The Bertz CT molecular complexity index is 829. The maximum atomic E-state index is 13.0. The van der Waals surface area contributed by atoms with Crippen molar-refractivity contribution >= 4 is 23.2 Å². The molecule has 8 heteroatoms. The number of rotatable bonds is 3. The minimum atomic E-state index is -0.824. The average molecular weight is 344 g/mol. The molecule has 130 valence electrons. The molecule has 0 radical (unpaired) electrons. The number of carbonyl (C=O) groups is 2. The maximum absolute atomic E-state index is 13.0. The first-order valence-electron chi connectivity index (χ1n) is 7.83. The Morgan fingerprint density at radius 1 is 1.16 bits per heavy atom. The number of ether oxygens (including phenoxy) is 2. The molecule has 2 amide bonds. The molecular weight excluding hydrogens is 328 g/mol. The number of anilines is 1. The van der Waals surface area contributed by atoms with Gasteiger partial charge in [0.1, 0.15) is 5.75 Å². The Hall–Kier alpha value is -2.74. The number of imide groups is 1. The normalized spacial score (nSPS) is 35.4. The first-order valence-corrected chi connectivity index (χ1v) is 7.83. The highest BCUT2D eigenvalue weighted by molar-refractivity contribution is 6.24. The molecule has 4 rings (SSSR count). The monoisotopic (exact) mass is 344 g/mol. The summed E-state index contributed by atoms with van der Waals surface area (Å²) in [5.74, 6) is -1.88. The van der Waals surface area contributed by atoms with Crippen LogP contribution in [-0.2, 0) is 14.3 Å². The molecule has 0 N–H and O–H groups in total. The molecule has 3 heterocycles. The summed E-state index contributed by atoms with van der Waals surface area (Å²) < 4.78 is 11.1. The molecule has 3 aliphatic heterocycles. The predicted molar refractivity (Wildman–Crippen MR) is 86.2 cm³/mol. The largest absolute Gasteiger partial charge is 0.494 e. The van der Waals surface area contributed by atoms with E-state index in [4.69, 9.17) is 9.47 Å². The van der Waals surface area contributed by atoms with Gasteiger partial charge in [-0.05, 0) is 19.9 Å². The Morgan fingerprint density at radius 3 is 2.20 bits per heavy atom. The minimum Gasteiger partial charge on any atom is -0.494 e. The highest BCUT2D eigenvalue weighted by Gasteiger charge is 2.70. The number of benzene rings is 1. The zero-order valence-corrected chi connectivity index (χ0v) is 13.9. The lowest BCUT2D eigenvalue weighted by Crippen LogP contribution is -2.39. The van der Waals surface area contributed by atoms with E-state index in [1.807, 2.05) is 12.2 Å². The van der Waals surface area contributed by atoms with Crippen LogP contribution in [0.2, 0.25) is 0 Å². The van der Waals surface area contributed by atoms with E-state index >= 15 is 0 Å². The summed E-state index contributed by atoms with van der Waals surface area (Å²) in [6, 6.07) is 3.82. The molecule has 1 aromatic carbocycles. The summed E-state index contributed by atoms with van der Waals surface area (Å²) in [4.78, 5) is 37.5. The molecule has 2 bridgehead atoms. The Kier molecular flexibility index (Phi) is 2.94. The van der Waals surface area contributed by atoms with Gasteiger partial charge in [-0.2, -0.15) is 0 Å². The van der Waals surface area contributed by atoms with Gasteiger partial charge in [0.25, 0.3) is 5.69 Å². The molecule has 4 unspecified atom stereocenters. The zero-order valence-electron chi connectivity index (χ0n) is 13.9. The molecule has 1 aromatic rings. The van der Waals surface area contributed by atoms with Crippen LogP contribution in [0.15, 0.2) is 30.4 Å². The summed E-state index contributed by atoms with van der Waals surface area (Å²) in [7, 11) is 1.34. The van der Waals surface area contributed by atoms with Crippen LogP contribution in [0.5, 0.6) is 5.75 Å². The Morgan fingerprint density at radius 2 is 1.72 bits per heavy atom. The molecule has 0 spiro atoms. The molecule has 0 aliphatic carbocycles. The van der Waals surface area contributed by atoms with E-state index < -0.39 is 28.0 Å². The number of nitrogens with zero attached hydrogens (tertiary/aromatic N) is 2. The van der Waals surface area contributed by atoms with E-state index in [-0.39, 0.29) is 28.9 Å². The van der Waals surface area contributed by atoms with Gasteiger partial charge in [0, 0.05) is 6.07 Å². The molecule has 2 saturated heterocycles. The zero-order chi connectivity index (χ0) is 18.1. The molecule has 0 aromatic heterocycles. The number of fused-ring (bicyclic) bond motifs is 5. The second kappa shape index (κ2) is 4.66. The van der Waals surface area contributed by atoms with E-state index in [0.29, 0.717) is 0 Å². The van der Waals surface area contributed by atoms with E-state index in [1.54, 1.807) is 13.8 Å². The molecule has 3 aliphatic rings. The highest BCUT2D eigenvalue weighted by Crippen LogP contribution is 2.58. The number of hydrogen-bond donors (Lipinski definition) is 0. The van der Waals surface area contributed by atoms with Crippen molar-refractivity contribution in [2.24, 2.45) is 11.8 Å². The summed E-state index contributed by atoms with van der Waals surface area (Å²) in [6.45, 7) is 3.59. The van der Waals surface area contributed by atoms with Gasteiger partial charge in [0.05, 0.1) is 46.8 Å². The fourth-order valence-electron chi connectivity index (χ4n) is 4.23. The molecule has 2 fully saturated rings. The smallest absolute Gasteiger partial charge is 0.273 e. The van der Waals surface area contributed by atoms with E-state index in [2.05, 4.69) is 0 Å². The summed E-state index contributed by atoms with van der Waals surface area (Å²) in [5, 5.41) is 10.9. The van der Waals surface area contributed by atoms with Crippen LogP contribution in [0.4, 0.5) is 11.4 Å². The molecule has 0 saturated carbocycles. The van der Waals surface area contributed by atoms with Gasteiger partial charge in [-0.15, -0.1) is 0 Å². The molecule has 4 atom stereocenters. The lowest BCUT2D eigenvalue weighted by atomic mass is 9.73. The molecule has 8 nitrogen and oxygen atoms in total. The van der Waals surface area contributed by atoms with Crippen molar-refractivity contribution in [2.45, 2.75) is 25.0 Å². The van der Waals surface area contributed by atoms with Gasteiger partial charge in [-0.3, -0.25) is 19.7 Å². The number of hydrogen-bond acceptors (Lipinski definition) is 6. The van der Waals surface area contributed by atoms with Gasteiger partial charge in [-0.25, -0.2) is 4.90 Å². The van der Waals surface area contributed by atoms with Crippen molar-refractivity contribution in [1.29, 1.82) is 0 Å². The quantitative estimate of drug-likeness (QED) is 0.359. The molecular formula is C17H16N2O6. The van der Waals surface area contributed by atoms with Crippen molar-refractivity contribution in [3.8, 4) is 5.75 Å². The van der Waals surface area contributed by atoms with Crippen LogP contribution in [0.1, 0.15) is 13.8 Å². The maximum Gasteiger partial charge on any atom is 0.273 e. The SMILES string of the molecule is COc1cc([N+](=O)[O-])ccc1N1C(=O)C2C(C1=O)C1(C)C=CC2(C)O1. The van der Waals surface area contributed by atoms with Crippen molar-refractivity contribution in [3.63, 3.8) is 0 Å². The van der Waals surface area contributed by atoms with Crippen LogP contribution in [0.25, 0.3) is 0 Å². The third kappa shape index (κ3) is 1.85. The van der Waals surface area contributed by atoms with Gasteiger partial charge < -0.3 is 9.47 Å². The Balaban J connectivity index is 1.80. The van der Waals surface area contributed by atoms with Crippen LogP contribution >= 0.6 is 0 Å². The standard InChI is InChI=1S/C17H16N2O6/c1-16-6-7-17(2,25-16)13-12(16)14(20)18(15(13)21)10-5-4-9(19(22)23)8-11(10)24-3/h4-8,12-13H,1-3H3. The predicted octanol–water partition coefficient (Wildman–Crippen LogP) is 1.83. The number of methoxy groups -OCH3 is 1. The summed E-state index contributed by atoms with van der Waals surface area (Å²) in [5.41, 5.74) is -1.61. The fraction of sp³-hybridized carbons (Fsp3) is 0.412. The second-order valence-electron chi connectivity index (χ2n) is 6.88. The third-order valence-corrected chi connectivity index (χ3v) is 5.34. The number of non-ortho nitro benzene ring substituents is 1. The first-order chi connectivity index (χ1) is 11.7. The number of carbonyl (C=O) groups excluding carboxylic acids is 2. The lowest BCUT2D eigenvalue weighted by Gasteiger charge is -2.26. The fourth-order valence-corrected chi connectivity index (χ4v) is 4.23. The first kappa shape index (κ1) is 15.8. The molecule has 25 heavy (non-hydrogen) atoms. The van der Waals surface area contributed by atoms with Gasteiger partial charge in [0.2, 0.25) is 11.8 Å². The highest BCUT2D eigenvalue weighted by atomic mass is 16.6. The van der Waals surface area contributed by atoms with E-state index in [0.717, 1.165) is 4.90 Å². The van der Waals surface area contributed by atoms with Crippen molar-refractivity contribution in [1.82, 2.24) is 0 Å². The van der Waals surface area contributed by atoms with Gasteiger partial charge in [0.15, 0.2) is 0 Å². The second-order valence-corrected chi connectivity index (χ2v) is 6.88. The van der Waals surface area contributed by atoms with Crippen LogP contribution in [0, 0.1) is 22.0 Å². The van der Waals surface area contributed by atoms with Gasteiger partial charge >= 0.3 is 0 Å². The summed E-state index contributed by atoms with van der Waals surface area (Å²) in [6.07, 6.45) is 3.66. The van der Waals surface area contributed by atoms with Crippen molar-refractivity contribution in [2.75, 3.05) is 12.0 Å². The third-order valence-electron chi connectivity index (χ3n) is 5.34. The van der Waals surface area contributed by atoms with Crippen LogP contribution in [-0.4, -0.2) is 35.0 Å². The number of amides is 2. The van der Waals surface area contributed by atoms with Gasteiger partial charge in [-0.1, -0.05) is 12.2 Å². The van der Waals surface area contributed by atoms with Crippen LogP contribution in [0.3, 0.4) is 0 Å². The van der Waals surface area contributed by atoms with E-state index in [1.165, 1.54) is 25.3 Å². The lowest BCUT2D eigenvalue weighted by molar-refractivity contribution is -0.384. The van der Waals surface area contributed by atoms with E-state index in [9.17, 15) is 19.7 Å². The Labute approximate surface area is 143 Å². The van der Waals surface area contributed by atoms with Crippen LogP contribution < -0.4 is 9.64 Å². The van der Waals surface area contributed by atoms with Crippen molar-refractivity contribution in [3.05, 3.63) is 40.5 Å². The average Bonchev–Trinajstić information content (AvgIpc) is 3.11. The number of nitro groups is 1. The van der Waals surface area contributed by atoms with Crippen molar-refractivity contribution < 1.29 is 24.0 Å².